The van der Waals surface area contributed by atoms with Crippen LogP contribution in [0, 0.1) is 5.92 Å². The van der Waals surface area contributed by atoms with E-state index < -0.39 is 5.97 Å². The molecule has 15 heavy (non-hydrogen) atoms. The Hall–Kier alpha value is -1.10. The van der Waals surface area contributed by atoms with Gasteiger partial charge in [-0.3, -0.25) is 9.59 Å². The van der Waals surface area contributed by atoms with Crippen molar-refractivity contribution in [3.05, 3.63) is 0 Å². The predicted molar refractivity (Wildman–Crippen MR) is 57.3 cm³/mol. The number of aliphatic carboxylic acids is 1. The summed E-state index contributed by atoms with van der Waals surface area (Å²) in [6.45, 7) is 6.11. The van der Waals surface area contributed by atoms with Crippen molar-refractivity contribution < 1.29 is 14.7 Å². The zero-order chi connectivity index (χ0) is 12.0. The monoisotopic (exact) mass is 216 g/mol. The van der Waals surface area contributed by atoms with Crippen LogP contribution in [0.3, 0.4) is 0 Å². The molecular weight excluding hydrogens is 196 g/mol. The second kappa shape index (κ2) is 6.40. The first kappa shape index (κ1) is 13.9. The van der Waals surface area contributed by atoms with Crippen LogP contribution in [0.25, 0.3) is 0 Å². The van der Waals surface area contributed by atoms with E-state index in [1.165, 1.54) is 0 Å². The number of carbonyl (C=O) groups excluding carboxylic acids is 1. The maximum absolute atomic E-state index is 11.8. The van der Waals surface area contributed by atoms with Gasteiger partial charge in [0.1, 0.15) is 0 Å². The highest BCUT2D eigenvalue weighted by Gasteiger charge is 2.23. The zero-order valence-corrected chi connectivity index (χ0v) is 9.56. The Morgan fingerprint density at radius 3 is 2.27 bits per heavy atom. The summed E-state index contributed by atoms with van der Waals surface area (Å²) in [4.78, 5) is 23.9. The van der Waals surface area contributed by atoms with E-state index >= 15 is 0 Å². The normalized spacial score (nSPS) is 14.4. The minimum Gasteiger partial charge on any atom is -0.481 e. The smallest absolute Gasteiger partial charge is 0.305 e. The van der Waals surface area contributed by atoms with Gasteiger partial charge < -0.3 is 15.7 Å². The van der Waals surface area contributed by atoms with Gasteiger partial charge in [-0.05, 0) is 13.8 Å². The lowest BCUT2D eigenvalue weighted by molar-refractivity contribution is -0.141. The molecular formula is C10H20N2O3. The third-order valence-corrected chi connectivity index (χ3v) is 2.40. The van der Waals surface area contributed by atoms with Gasteiger partial charge in [-0.2, -0.15) is 0 Å². The number of carbonyl (C=O) groups is 2. The number of hydrogen-bond acceptors (Lipinski definition) is 3. The molecule has 0 aromatic heterocycles. The lowest BCUT2D eigenvalue weighted by atomic mass is 10.1. The molecule has 2 unspecified atom stereocenters. The third kappa shape index (κ3) is 4.29. The van der Waals surface area contributed by atoms with Gasteiger partial charge in [0.05, 0.1) is 6.42 Å². The minimum absolute atomic E-state index is 0.0309. The molecule has 0 spiro atoms. The Morgan fingerprint density at radius 1 is 1.40 bits per heavy atom. The number of nitrogens with two attached hydrogens (primary N) is 1. The molecule has 1 amide bonds. The largest absolute Gasteiger partial charge is 0.481 e. The Kier molecular flexibility index (Phi) is 5.93. The molecule has 5 nitrogen and oxygen atoms in total. The highest BCUT2D eigenvalue weighted by Crippen LogP contribution is 2.08. The first-order valence-electron chi connectivity index (χ1n) is 5.16. The van der Waals surface area contributed by atoms with Crippen LogP contribution < -0.4 is 5.73 Å². The Balaban J connectivity index is 4.46. The summed E-state index contributed by atoms with van der Waals surface area (Å²) in [6, 6.07) is -0.283. The summed E-state index contributed by atoms with van der Waals surface area (Å²) < 4.78 is 0. The molecule has 5 heteroatoms. The van der Waals surface area contributed by atoms with Crippen molar-refractivity contribution in [3.63, 3.8) is 0 Å². The average molecular weight is 216 g/mol. The molecule has 0 fully saturated rings. The highest BCUT2D eigenvalue weighted by atomic mass is 16.4. The van der Waals surface area contributed by atoms with E-state index in [0.717, 1.165) is 0 Å². The van der Waals surface area contributed by atoms with Gasteiger partial charge in [0.2, 0.25) is 5.91 Å². The van der Waals surface area contributed by atoms with Gasteiger partial charge in [-0.1, -0.05) is 6.92 Å². The summed E-state index contributed by atoms with van der Waals surface area (Å²) in [5.41, 5.74) is 5.40. The third-order valence-electron chi connectivity index (χ3n) is 2.40. The summed E-state index contributed by atoms with van der Waals surface area (Å²) in [5.74, 6) is -1.22. The quantitative estimate of drug-likeness (QED) is 0.668. The molecule has 3 N–H and O–H groups in total. The second-order valence-corrected chi connectivity index (χ2v) is 3.71. The summed E-state index contributed by atoms with van der Waals surface area (Å²) >= 11 is 0. The van der Waals surface area contributed by atoms with Crippen LogP contribution in [-0.2, 0) is 9.59 Å². The van der Waals surface area contributed by atoms with Crippen LogP contribution >= 0.6 is 0 Å². The first-order valence-corrected chi connectivity index (χ1v) is 5.16. The average Bonchev–Trinajstić information content (AvgIpc) is 2.16. The van der Waals surface area contributed by atoms with E-state index in [4.69, 9.17) is 10.8 Å². The highest BCUT2D eigenvalue weighted by molar-refractivity contribution is 5.79. The Labute approximate surface area is 90.2 Å². The van der Waals surface area contributed by atoms with Crippen molar-refractivity contribution in [2.24, 2.45) is 11.7 Å². The van der Waals surface area contributed by atoms with Gasteiger partial charge in [0.25, 0.3) is 0 Å². The molecule has 0 aliphatic heterocycles. The molecule has 0 aromatic rings. The van der Waals surface area contributed by atoms with Crippen LogP contribution in [0.2, 0.25) is 0 Å². The topological polar surface area (TPSA) is 83.6 Å². The molecule has 0 bridgehead atoms. The van der Waals surface area contributed by atoms with E-state index in [1.807, 2.05) is 6.92 Å². The maximum Gasteiger partial charge on any atom is 0.305 e. The van der Waals surface area contributed by atoms with Crippen molar-refractivity contribution in [1.29, 1.82) is 0 Å². The lowest BCUT2D eigenvalue weighted by Crippen LogP contribution is -2.44. The summed E-state index contributed by atoms with van der Waals surface area (Å²) in [7, 11) is 0. The van der Waals surface area contributed by atoms with Gasteiger partial charge in [0.15, 0.2) is 0 Å². The molecule has 0 saturated heterocycles. The Bertz CT molecular complexity index is 231. The van der Waals surface area contributed by atoms with E-state index in [2.05, 4.69) is 0 Å². The number of rotatable bonds is 6. The van der Waals surface area contributed by atoms with E-state index in [1.54, 1.807) is 18.7 Å². The van der Waals surface area contributed by atoms with Crippen LogP contribution in [-0.4, -0.2) is 41.0 Å². The van der Waals surface area contributed by atoms with Crippen LogP contribution in [0.5, 0.6) is 0 Å². The molecule has 0 radical (unpaired) electrons. The number of carboxylic acid groups (broad SMARTS) is 1. The standard InChI is InChI=1S/C10H20N2O3/c1-4-12(8(3)5-9(13)14)10(15)7(2)6-11/h7-8H,4-6,11H2,1-3H3,(H,13,14). The molecule has 0 aromatic carbocycles. The van der Waals surface area contributed by atoms with Gasteiger partial charge in [-0.25, -0.2) is 0 Å². The lowest BCUT2D eigenvalue weighted by Gasteiger charge is -2.29. The van der Waals surface area contributed by atoms with E-state index in [-0.39, 0.29) is 30.8 Å². The van der Waals surface area contributed by atoms with Gasteiger partial charge >= 0.3 is 5.97 Å². The number of amides is 1. The number of carboxylic acids is 1. The zero-order valence-electron chi connectivity index (χ0n) is 9.56. The summed E-state index contributed by atoms with van der Waals surface area (Å²) in [6.07, 6.45) is -0.0309. The fourth-order valence-electron chi connectivity index (χ4n) is 1.43. The molecule has 0 aliphatic carbocycles. The molecule has 88 valence electrons. The van der Waals surface area contributed by atoms with Crippen molar-refractivity contribution in [2.45, 2.75) is 33.2 Å². The number of hydrogen-bond donors (Lipinski definition) is 2. The fourth-order valence-corrected chi connectivity index (χ4v) is 1.43. The van der Waals surface area contributed by atoms with Crippen molar-refractivity contribution >= 4 is 11.9 Å². The van der Waals surface area contributed by atoms with Gasteiger partial charge in [0, 0.05) is 25.0 Å². The van der Waals surface area contributed by atoms with Crippen molar-refractivity contribution in [2.75, 3.05) is 13.1 Å². The van der Waals surface area contributed by atoms with E-state index in [9.17, 15) is 9.59 Å². The van der Waals surface area contributed by atoms with Crippen LogP contribution in [0.15, 0.2) is 0 Å². The van der Waals surface area contributed by atoms with Crippen LogP contribution in [0.1, 0.15) is 27.2 Å². The fraction of sp³-hybridized carbons (Fsp3) is 0.800. The molecule has 0 rings (SSSR count). The van der Waals surface area contributed by atoms with Crippen molar-refractivity contribution in [1.82, 2.24) is 4.90 Å². The predicted octanol–water partition coefficient (Wildman–Crippen LogP) is 0.293. The van der Waals surface area contributed by atoms with Crippen molar-refractivity contribution in [3.8, 4) is 0 Å². The second-order valence-electron chi connectivity index (χ2n) is 3.71. The van der Waals surface area contributed by atoms with Gasteiger partial charge in [-0.15, -0.1) is 0 Å². The molecule has 0 saturated carbocycles. The SMILES string of the molecule is CCN(C(=O)C(C)CN)C(C)CC(=O)O. The molecule has 0 heterocycles. The van der Waals surface area contributed by atoms with Crippen LogP contribution in [0.4, 0.5) is 0 Å². The first-order chi connectivity index (χ1) is 6.93. The number of nitrogens with zero attached hydrogens (tertiary/aromatic N) is 1. The summed E-state index contributed by atoms with van der Waals surface area (Å²) in [5, 5.41) is 8.64. The van der Waals surface area contributed by atoms with E-state index in [0.29, 0.717) is 6.54 Å². The minimum atomic E-state index is -0.894. The molecule has 0 aliphatic rings. The molecule has 2 atom stereocenters. The Morgan fingerprint density at radius 2 is 1.93 bits per heavy atom. The maximum atomic E-state index is 11.8.